The Balaban J connectivity index is 1.47. The standard InChI is InChI=1S/C29H19FN2O3S/c30-26-13-7-6-12-24(26)23-11-5-4-8-19(23)18-25-27(33)31-29(36)32(28(25)34)20-14-16-22(17-15-20)35-21-9-2-1-3-10-21/h1-18H,(H,31,33,36)/b25-18+. The van der Waals surface area contributed by atoms with Crippen molar-refractivity contribution in [3.8, 4) is 22.6 Å². The number of ether oxygens (including phenoxy) is 1. The second-order valence-electron chi connectivity index (χ2n) is 7.93. The number of thiocarbonyl (C=S) groups is 1. The van der Waals surface area contributed by atoms with Crippen LogP contribution in [0.25, 0.3) is 17.2 Å². The third-order valence-corrected chi connectivity index (χ3v) is 5.88. The summed E-state index contributed by atoms with van der Waals surface area (Å²) in [6.45, 7) is 0. The van der Waals surface area contributed by atoms with Crippen LogP contribution in [0, 0.1) is 5.82 Å². The molecule has 2 amide bonds. The lowest BCUT2D eigenvalue weighted by Crippen LogP contribution is -2.54. The number of hydrogen-bond donors (Lipinski definition) is 1. The molecule has 1 heterocycles. The van der Waals surface area contributed by atoms with E-state index >= 15 is 0 Å². The minimum absolute atomic E-state index is 0.0266. The van der Waals surface area contributed by atoms with Crippen LogP contribution < -0.4 is 15.0 Å². The van der Waals surface area contributed by atoms with Gasteiger partial charge >= 0.3 is 0 Å². The summed E-state index contributed by atoms with van der Waals surface area (Å²) in [4.78, 5) is 27.5. The van der Waals surface area contributed by atoms with Crippen LogP contribution in [0.3, 0.4) is 0 Å². The summed E-state index contributed by atoms with van der Waals surface area (Å²) in [7, 11) is 0. The Bertz CT molecular complexity index is 1500. The molecule has 0 unspecified atom stereocenters. The van der Waals surface area contributed by atoms with Gasteiger partial charge in [-0.1, -0.05) is 60.7 Å². The van der Waals surface area contributed by atoms with E-state index in [-0.39, 0.29) is 10.7 Å². The molecule has 5 nitrogen and oxygen atoms in total. The van der Waals surface area contributed by atoms with Crippen LogP contribution in [0.1, 0.15) is 5.56 Å². The van der Waals surface area contributed by atoms with Crippen LogP contribution in [0.15, 0.2) is 109 Å². The second-order valence-corrected chi connectivity index (χ2v) is 8.32. The molecule has 0 aliphatic carbocycles. The van der Waals surface area contributed by atoms with E-state index < -0.39 is 17.6 Å². The zero-order valence-electron chi connectivity index (χ0n) is 18.9. The fourth-order valence-electron chi connectivity index (χ4n) is 3.88. The second kappa shape index (κ2) is 9.93. The van der Waals surface area contributed by atoms with Gasteiger partial charge in [-0.05, 0) is 71.9 Å². The number of benzene rings is 4. The quantitative estimate of drug-likeness (QED) is 0.206. The van der Waals surface area contributed by atoms with Crippen LogP contribution >= 0.6 is 12.2 Å². The highest BCUT2D eigenvalue weighted by Crippen LogP contribution is 2.30. The molecule has 1 fully saturated rings. The van der Waals surface area contributed by atoms with Crippen molar-refractivity contribution in [3.63, 3.8) is 0 Å². The van der Waals surface area contributed by atoms with E-state index in [9.17, 15) is 14.0 Å². The van der Waals surface area contributed by atoms with Crippen molar-refractivity contribution in [3.05, 3.63) is 120 Å². The molecule has 4 aromatic carbocycles. The lowest BCUT2D eigenvalue weighted by Gasteiger charge is -2.29. The Morgan fingerprint density at radius 2 is 1.36 bits per heavy atom. The molecule has 7 heteroatoms. The van der Waals surface area contributed by atoms with Gasteiger partial charge in [0.1, 0.15) is 22.9 Å². The molecule has 0 saturated carbocycles. The average Bonchev–Trinajstić information content (AvgIpc) is 2.89. The number of nitrogens with one attached hydrogen (secondary N) is 1. The van der Waals surface area contributed by atoms with E-state index in [0.29, 0.717) is 33.9 Å². The van der Waals surface area contributed by atoms with Gasteiger partial charge in [-0.2, -0.15) is 0 Å². The average molecular weight is 495 g/mol. The van der Waals surface area contributed by atoms with Gasteiger partial charge in [0.15, 0.2) is 5.11 Å². The lowest BCUT2D eigenvalue weighted by atomic mass is 9.97. The molecule has 1 aliphatic heterocycles. The number of amides is 2. The van der Waals surface area contributed by atoms with Crippen molar-refractivity contribution in [1.82, 2.24) is 5.32 Å². The van der Waals surface area contributed by atoms with Crippen molar-refractivity contribution in [2.45, 2.75) is 0 Å². The molecular weight excluding hydrogens is 475 g/mol. The molecule has 1 saturated heterocycles. The fourth-order valence-corrected chi connectivity index (χ4v) is 4.16. The Kier molecular flexibility index (Phi) is 6.38. The van der Waals surface area contributed by atoms with Crippen LogP contribution in [0.2, 0.25) is 0 Å². The van der Waals surface area contributed by atoms with Gasteiger partial charge in [0, 0.05) is 5.56 Å². The molecule has 36 heavy (non-hydrogen) atoms. The van der Waals surface area contributed by atoms with Crippen LogP contribution in [0.4, 0.5) is 10.1 Å². The van der Waals surface area contributed by atoms with E-state index in [1.165, 1.54) is 17.0 Å². The third-order valence-electron chi connectivity index (χ3n) is 5.60. The van der Waals surface area contributed by atoms with Gasteiger partial charge in [-0.3, -0.25) is 19.8 Å². The third kappa shape index (κ3) is 4.64. The van der Waals surface area contributed by atoms with Crippen molar-refractivity contribution in [2.24, 2.45) is 0 Å². The van der Waals surface area contributed by atoms with Crippen LogP contribution in [-0.4, -0.2) is 16.9 Å². The van der Waals surface area contributed by atoms with E-state index in [1.807, 2.05) is 30.3 Å². The largest absolute Gasteiger partial charge is 0.457 e. The molecule has 1 aliphatic rings. The summed E-state index contributed by atoms with van der Waals surface area (Å²) >= 11 is 5.30. The molecule has 0 atom stereocenters. The number of rotatable bonds is 5. The van der Waals surface area contributed by atoms with E-state index in [4.69, 9.17) is 17.0 Å². The predicted octanol–water partition coefficient (Wildman–Crippen LogP) is 6.12. The van der Waals surface area contributed by atoms with E-state index in [0.717, 1.165) is 0 Å². The maximum Gasteiger partial charge on any atom is 0.270 e. The summed E-state index contributed by atoms with van der Waals surface area (Å²) < 4.78 is 20.3. The summed E-state index contributed by atoms with van der Waals surface area (Å²) in [5.74, 6) is -0.333. The minimum atomic E-state index is -0.617. The predicted molar refractivity (Wildman–Crippen MR) is 141 cm³/mol. The molecular formula is C29H19FN2O3S. The minimum Gasteiger partial charge on any atom is -0.457 e. The zero-order valence-corrected chi connectivity index (χ0v) is 19.7. The highest BCUT2D eigenvalue weighted by molar-refractivity contribution is 7.80. The Hall–Kier alpha value is -4.62. The first-order valence-electron chi connectivity index (χ1n) is 11.1. The van der Waals surface area contributed by atoms with Crippen molar-refractivity contribution < 1.29 is 18.7 Å². The summed E-state index contributed by atoms with van der Waals surface area (Å²) in [6.07, 6.45) is 1.46. The molecule has 0 aromatic heterocycles. The van der Waals surface area contributed by atoms with Gasteiger partial charge < -0.3 is 4.74 Å². The fraction of sp³-hybridized carbons (Fsp3) is 0. The van der Waals surface area contributed by atoms with Gasteiger partial charge in [-0.25, -0.2) is 4.39 Å². The molecule has 1 N–H and O–H groups in total. The SMILES string of the molecule is O=C1NC(=S)N(c2ccc(Oc3ccccc3)cc2)C(=O)/C1=C/c1ccccc1-c1ccccc1F. The van der Waals surface area contributed by atoms with Crippen molar-refractivity contribution in [2.75, 3.05) is 4.90 Å². The first-order chi connectivity index (χ1) is 17.5. The van der Waals surface area contributed by atoms with Gasteiger partial charge in [0.05, 0.1) is 5.69 Å². The number of carbonyl (C=O) groups excluding carboxylic acids is 2. The number of anilines is 1. The molecule has 4 aromatic rings. The smallest absolute Gasteiger partial charge is 0.270 e. The number of para-hydroxylation sites is 1. The zero-order chi connectivity index (χ0) is 25.1. The molecule has 0 radical (unpaired) electrons. The Morgan fingerprint density at radius 3 is 2.08 bits per heavy atom. The molecule has 0 spiro atoms. The Labute approximate surface area is 212 Å². The van der Waals surface area contributed by atoms with E-state index in [1.54, 1.807) is 66.7 Å². The van der Waals surface area contributed by atoms with E-state index in [2.05, 4.69) is 5.32 Å². The summed E-state index contributed by atoms with van der Waals surface area (Å²) in [5, 5.41) is 2.55. The van der Waals surface area contributed by atoms with Gasteiger partial charge in [0.2, 0.25) is 0 Å². The maximum atomic E-state index is 14.5. The topological polar surface area (TPSA) is 58.6 Å². The number of carbonyl (C=O) groups is 2. The highest BCUT2D eigenvalue weighted by Gasteiger charge is 2.34. The monoisotopic (exact) mass is 494 g/mol. The first-order valence-corrected chi connectivity index (χ1v) is 11.5. The van der Waals surface area contributed by atoms with Crippen molar-refractivity contribution in [1.29, 1.82) is 0 Å². The highest BCUT2D eigenvalue weighted by atomic mass is 32.1. The number of nitrogens with zero attached hydrogens (tertiary/aromatic N) is 1. The lowest BCUT2D eigenvalue weighted by molar-refractivity contribution is -0.122. The van der Waals surface area contributed by atoms with Gasteiger partial charge in [-0.15, -0.1) is 0 Å². The van der Waals surface area contributed by atoms with Gasteiger partial charge in [0.25, 0.3) is 11.8 Å². The number of halogens is 1. The molecule has 176 valence electrons. The Morgan fingerprint density at radius 1 is 0.750 bits per heavy atom. The molecule has 5 rings (SSSR count). The van der Waals surface area contributed by atoms with Crippen LogP contribution in [-0.2, 0) is 9.59 Å². The maximum absolute atomic E-state index is 14.5. The summed E-state index contributed by atoms with van der Waals surface area (Å²) in [5.41, 5.74) is 1.82. The van der Waals surface area contributed by atoms with Crippen molar-refractivity contribution >= 4 is 40.9 Å². The van der Waals surface area contributed by atoms with Crippen LogP contribution in [0.5, 0.6) is 11.5 Å². The first kappa shape index (κ1) is 23.1. The summed E-state index contributed by atoms with van der Waals surface area (Å²) in [6, 6.07) is 29.4. The normalized spacial score (nSPS) is 14.6. The number of hydrogen-bond acceptors (Lipinski definition) is 4. The molecule has 0 bridgehead atoms.